The van der Waals surface area contributed by atoms with Crippen molar-refractivity contribution in [3.63, 3.8) is 0 Å². The van der Waals surface area contributed by atoms with Crippen LogP contribution in [0.25, 0.3) is 0 Å². The third kappa shape index (κ3) is 3.95. The molecule has 0 unspecified atom stereocenters. The van der Waals surface area contributed by atoms with E-state index in [0.717, 1.165) is 16.4 Å². The van der Waals surface area contributed by atoms with E-state index in [-0.39, 0.29) is 0 Å². The Morgan fingerprint density at radius 2 is 2.23 bits per heavy atom. The van der Waals surface area contributed by atoms with Crippen LogP contribution in [0.1, 0.15) is 6.42 Å². The minimum atomic E-state index is 1.05. The second-order valence-electron chi connectivity index (χ2n) is 4.06. The van der Waals surface area contributed by atoms with Gasteiger partial charge in [-0.3, -0.25) is 0 Å². The van der Waals surface area contributed by atoms with Crippen LogP contribution in [0.15, 0.2) is 29.5 Å². The van der Waals surface area contributed by atoms with Crippen molar-refractivity contribution in [3.05, 3.63) is 29.5 Å². The van der Waals surface area contributed by atoms with Gasteiger partial charge in [0.05, 0.1) is 20.6 Å². The van der Waals surface area contributed by atoms with Gasteiger partial charge in [-0.05, 0) is 12.2 Å². The van der Waals surface area contributed by atoms with Gasteiger partial charge in [0.15, 0.2) is 0 Å². The van der Waals surface area contributed by atoms with E-state index < -0.39 is 0 Å². The molecule has 0 aromatic rings. The SMILES string of the molecule is C[N+](C)(CCCBr)CC1=C=CC=C1. The molecule has 0 bridgehead atoms. The third-order valence-electron chi connectivity index (χ3n) is 2.16. The summed E-state index contributed by atoms with van der Waals surface area (Å²) in [6.07, 6.45) is 7.42. The van der Waals surface area contributed by atoms with Crippen molar-refractivity contribution in [2.24, 2.45) is 0 Å². The van der Waals surface area contributed by atoms with Gasteiger partial charge in [-0.15, -0.1) is 5.73 Å². The van der Waals surface area contributed by atoms with Crippen molar-refractivity contribution < 1.29 is 4.48 Å². The summed E-state index contributed by atoms with van der Waals surface area (Å²) in [5.74, 6) is 0. The number of rotatable bonds is 5. The first-order chi connectivity index (χ1) is 6.14. The molecule has 0 saturated heterocycles. The van der Waals surface area contributed by atoms with Crippen LogP contribution in [0.2, 0.25) is 0 Å². The van der Waals surface area contributed by atoms with Gasteiger partial charge in [0.2, 0.25) is 0 Å². The highest BCUT2D eigenvalue weighted by molar-refractivity contribution is 9.09. The topological polar surface area (TPSA) is 0 Å². The Hall–Kier alpha value is -0.300. The van der Waals surface area contributed by atoms with Crippen molar-refractivity contribution in [1.29, 1.82) is 0 Å². The average Bonchev–Trinajstić information content (AvgIpc) is 2.52. The van der Waals surface area contributed by atoms with Gasteiger partial charge in [0.1, 0.15) is 6.54 Å². The Labute approximate surface area is 89.2 Å². The van der Waals surface area contributed by atoms with Crippen LogP contribution in [-0.2, 0) is 0 Å². The standard InChI is InChI=1S/C11H17BrN/c1-13(2,9-5-8-12)10-11-6-3-4-7-11/h3-4,6H,5,8-10H2,1-2H3/q+1. The molecule has 0 spiro atoms. The molecular weight excluding hydrogens is 226 g/mol. The number of nitrogens with zero attached hydrogens (tertiary/aromatic N) is 1. The van der Waals surface area contributed by atoms with Crippen molar-refractivity contribution in [2.45, 2.75) is 6.42 Å². The summed E-state index contributed by atoms with van der Waals surface area (Å²) in [7, 11) is 4.53. The van der Waals surface area contributed by atoms with Crippen molar-refractivity contribution >= 4 is 15.9 Å². The largest absolute Gasteiger partial charge is 0.324 e. The summed E-state index contributed by atoms with van der Waals surface area (Å²) in [6, 6.07) is 0. The van der Waals surface area contributed by atoms with E-state index in [9.17, 15) is 0 Å². The van der Waals surface area contributed by atoms with Crippen molar-refractivity contribution in [2.75, 3.05) is 32.5 Å². The van der Waals surface area contributed by atoms with E-state index in [1.807, 2.05) is 6.08 Å². The lowest BCUT2D eigenvalue weighted by molar-refractivity contribution is -0.885. The second kappa shape index (κ2) is 4.80. The van der Waals surface area contributed by atoms with E-state index in [1.165, 1.54) is 18.5 Å². The Morgan fingerprint density at radius 1 is 1.46 bits per heavy atom. The molecule has 0 fully saturated rings. The first kappa shape index (κ1) is 10.8. The fraction of sp³-hybridized carbons (Fsp3) is 0.545. The van der Waals surface area contributed by atoms with Crippen molar-refractivity contribution in [3.8, 4) is 0 Å². The zero-order valence-corrected chi connectivity index (χ0v) is 9.97. The summed E-state index contributed by atoms with van der Waals surface area (Å²) in [5.41, 5.74) is 4.56. The van der Waals surface area contributed by atoms with Gasteiger partial charge in [-0.1, -0.05) is 22.0 Å². The lowest BCUT2D eigenvalue weighted by Crippen LogP contribution is -2.41. The van der Waals surface area contributed by atoms with Gasteiger partial charge in [0, 0.05) is 17.3 Å². The van der Waals surface area contributed by atoms with E-state index in [0.29, 0.717) is 0 Å². The zero-order chi connectivity index (χ0) is 9.73. The minimum absolute atomic E-state index is 1.05. The summed E-state index contributed by atoms with van der Waals surface area (Å²) in [5, 5.41) is 1.10. The first-order valence-electron chi connectivity index (χ1n) is 4.64. The summed E-state index contributed by atoms with van der Waals surface area (Å²) in [4.78, 5) is 0. The Kier molecular flexibility index (Phi) is 3.98. The summed E-state index contributed by atoms with van der Waals surface area (Å²) >= 11 is 3.46. The zero-order valence-electron chi connectivity index (χ0n) is 8.39. The number of alkyl halides is 1. The molecule has 13 heavy (non-hydrogen) atoms. The van der Waals surface area contributed by atoms with E-state index >= 15 is 0 Å². The maximum atomic E-state index is 3.46. The smallest absolute Gasteiger partial charge is 0.111 e. The predicted octanol–water partition coefficient (Wildman–Crippen LogP) is 2.50. The van der Waals surface area contributed by atoms with Crippen LogP contribution in [0, 0.1) is 0 Å². The van der Waals surface area contributed by atoms with Gasteiger partial charge in [0.25, 0.3) is 0 Å². The van der Waals surface area contributed by atoms with Gasteiger partial charge >= 0.3 is 0 Å². The molecule has 0 amide bonds. The molecule has 0 aliphatic heterocycles. The normalized spacial score (nSPS) is 15.2. The maximum Gasteiger partial charge on any atom is 0.111 e. The van der Waals surface area contributed by atoms with Crippen LogP contribution >= 0.6 is 15.9 Å². The molecule has 1 nitrogen and oxygen atoms in total. The highest BCUT2D eigenvalue weighted by atomic mass is 79.9. The highest BCUT2D eigenvalue weighted by Gasteiger charge is 2.15. The van der Waals surface area contributed by atoms with E-state index in [1.54, 1.807) is 0 Å². The molecular formula is C11H17BrN+. The lowest BCUT2D eigenvalue weighted by atomic mass is 10.2. The van der Waals surface area contributed by atoms with Gasteiger partial charge in [-0.25, -0.2) is 0 Å². The Bertz CT molecular complexity index is 257. The number of likely N-dealkylation sites (N-methyl/N-ethyl adjacent to an activating group) is 1. The monoisotopic (exact) mass is 242 g/mol. The molecule has 0 radical (unpaired) electrons. The molecule has 72 valence electrons. The summed E-state index contributed by atoms with van der Waals surface area (Å²) < 4.78 is 1.05. The van der Waals surface area contributed by atoms with E-state index in [2.05, 4.69) is 47.9 Å². The molecule has 1 rings (SSSR count). The molecule has 0 aromatic carbocycles. The Morgan fingerprint density at radius 3 is 2.77 bits per heavy atom. The first-order valence-corrected chi connectivity index (χ1v) is 5.76. The molecule has 0 atom stereocenters. The molecule has 0 aromatic heterocycles. The van der Waals surface area contributed by atoms with Crippen LogP contribution in [0.5, 0.6) is 0 Å². The quantitative estimate of drug-likeness (QED) is 0.395. The number of hydrogen-bond acceptors (Lipinski definition) is 0. The molecule has 0 saturated carbocycles. The average molecular weight is 243 g/mol. The van der Waals surface area contributed by atoms with Crippen molar-refractivity contribution in [1.82, 2.24) is 0 Å². The van der Waals surface area contributed by atoms with Crippen LogP contribution in [0.4, 0.5) is 0 Å². The fourth-order valence-corrected chi connectivity index (χ4v) is 1.74. The number of halogens is 1. The van der Waals surface area contributed by atoms with Crippen LogP contribution < -0.4 is 0 Å². The predicted molar refractivity (Wildman–Crippen MR) is 61.0 cm³/mol. The molecule has 0 N–H and O–H groups in total. The number of quaternary nitrogens is 1. The fourth-order valence-electron chi connectivity index (χ4n) is 1.49. The number of allylic oxidation sites excluding steroid dienone is 1. The number of hydrogen-bond donors (Lipinski definition) is 0. The van der Waals surface area contributed by atoms with Crippen LogP contribution in [-0.4, -0.2) is 37.0 Å². The molecule has 1 aliphatic carbocycles. The molecule has 2 heteroatoms. The van der Waals surface area contributed by atoms with Crippen LogP contribution in [0.3, 0.4) is 0 Å². The molecule has 1 aliphatic rings. The third-order valence-corrected chi connectivity index (χ3v) is 2.72. The summed E-state index contributed by atoms with van der Waals surface area (Å²) in [6.45, 7) is 2.30. The second-order valence-corrected chi connectivity index (χ2v) is 4.85. The van der Waals surface area contributed by atoms with E-state index in [4.69, 9.17) is 0 Å². The lowest BCUT2D eigenvalue weighted by Gasteiger charge is -2.29. The Balaban J connectivity index is 2.41. The van der Waals surface area contributed by atoms with Gasteiger partial charge < -0.3 is 4.48 Å². The van der Waals surface area contributed by atoms with Gasteiger partial charge in [-0.2, -0.15) is 0 Å². The minimum Gasteiger partial charge on any atom is -0.324 e. The molecule has 0 heterocycles. The maximum absolute atomic E-state index is 3.46. The highest BCUT2D eigenvalue weighted by Crippen LogP contribution is 2.09.